The zero-order valence-electron chi connectivity index (χ0n) is 20.1. The van der Waals surface area contributed by atoms with Gasteiger partial charge in [0, 0.05) is 59.7 Å². The van der Waals surface area contributed by atoms with E-state index in [4.69, 9.17) is 0 Å². The Hall–Kier alpha value is -2.83. The Balaban J connectivity index is 1.31. The fourth-order valence-corrected chi connectivity index (χ4v) is 5.89. The van der Waals surface area contributed by atoms with Crippen LogP contribution in [-0.4, -0.2) is 55.1 Å². The van der Waals surface area contributed by atoms with E-state index in [1.807, 2.05) is 6.07 Å². The number of carbonyl (C=O) groups is 1. The molecule has 0 aliphatic carbocycles. The lowest BCUT2D eigenvalue weighted by Gasteiger charge is -2.34. The van der Waals surface area contributed by atoms with Gasteiger partial charge in [0.15, 0.2) is 0 Å². The monoisotopic (exact) mass is 474 g/mol. The van der Waals surface area contributed by atoms with Crippen molar-refractivity contribution in [1.29, 1.82) is 0 Å². The topological polar surface area (TPSA) is 51.4 Å². The molecule has 178 valence electrons. The Morgan fingerprint density at radius 1 is 1.12 bits per heavy atom. The molecule has 5 rings (SSSR count). The average Bonchev–Trinajstić information content (AvgIpc) is 3.47. The summed E-state index contributed by atoms with van der Waals surface area (Å²) >= 11 is 1.61. The van der Waals surface area contributed by atoms with Gasteiger partial charge in [0.05, 0.1) is 4.88 Å². The average molecular weight is 475 g/mol. The van der Waals surface area contributed by atoms with E-state index in [-0.39, 0.29) is 11.9 Å². The molecule has 1 fully saturated rings. The molecule has 0 bridgehead atoms. The summed E-state index contributed by atoms with van der Waals surface area (Å²) in [4.78, 5) is 22.3. The predicted octanol–water partition coefficient (Wildman–Crippen LogP) is 5.67. The molecule has 5 nitrogen and oxygen atoms in total. The number of carbonyl (C=O) groups excluding carboxylic acids is 1. The minimum absolute atomic E-state index is 0.0447. The van der Waals surface area contributed by atoms with Crippen LogP contribution in [0.5, 0.6) is 0 Å². The minimum Gasteiger partial charge on any atom is -0.369 e. The number of aromatic amines is 1. The number of aromatic nitrogens is 1. The molecule has 1 aliphatic rings. The number of thiophene rings is 1. The van der Waals surface area contributed by atoms with Gasteiger partial charge in [-0.25, -0.2) is 0 Å². The third-order valence-electron chi connectivity index (χ3n) is 6.98. The molecule has 34 heavy (non-hydrogen) atoms. The van der Waals surface area contributed by atoms with Crippen molar-refractivity contribution in [2.75, 3.05) is 38.1 Å². The quantitative estimate of drug-likeness (QED) is 0.346. The number of likely N-dealkylation sites (N-methyl/N-ethyl adjacent to an activating group) is 1. The van der Waals surface area contributed by atoms with E-state index < -0.39 is 0 Å². The highest BCUT2D eigenvalue weighted by Gasteiger charge is 2.19. The summed E-state index contributed by atoms with van der Waals surface area (Å²) in [7, 11) is 2.18. The smallest absolute Gasteiger partial charge is 0.261 e. The molecule has 2 aromatic carbocycles. The largest absolute Gasteiger partial charge is 0.369 e. The minimum atomic E-state index is 0.0447. The number of nitrogens with zero attached hydrogens (tertiary/aromatic N) is 2. The van der Waals surface area contributed by atoms with E-state index in [0.29, 0.717) is 0 Å². The highest BCUT2D eigenvalue weighted by molar-refractivity contribution is 7.20. The van der Waals surface area contributed by atoms with Gasteiger partial charge in [-0.15, -0.1) is 11.3 Å². The molecule has 1 amide bonds. The van der Waals surface area contributed by atoms with Gasteiger partial charge >= 0.3 is 0 Å². The number of H-pyrrole nitrogens is 1. The molecule has 1 saturated heterocycles. The van der Waals surface area contributed by atoms with Crippen LogP contribution >= 0.6 is 11.3 Å². The Morgan fingerprint density at radius 2 is 1.94 bits per heavy atom. The maximum Gasteiger partial charge on any atom is 0.261 e. The number of anilines is 1. The second-order valence-corrected chi connectivity index (χ2v) is 10.6. The van der Waals surface area contributed by atoms with E-state index in [2.05, 4.69) is 82.7 Å². The number of para-hydroxylation sites is 1. The third kappa shape index (κ3) is 4.98. The molecule has 2 aromatic heterocycles. The Bertz CT molecular complexity index is 1270. The van der Waals surface area contributed by atoms with Crippen LogP contribution < -0.4 is 10.2 Å². The van der Waals surface area contributed by atoms with E-state index in [1.54, 1.807) is 11.3 Å². The van der Waals surface area contributed by atoms with E-state index >= 15 is 0 Å². The lowest BCUT2D eigenvalue weighted by atomic mass is 10.0. The van der Waals surface area contributed by atoms with Crippen molar-refractivity contribution in [3.05, 3.63) is 65.2 Å². The summed E-state index contributed by atoms with van der Waals surface area (Å²) in [6, 6.07) is 17.2. The van der Waals surface area contributed by atoms with Crippen molar-refractivity contribution in [3.8, 4) is 0 Å². The standard InChI is InChI=1S/C28H34N4OS/c1-3-4-7-22(16-21-19-29-25-9-6-5-8-24(21)25)30-28(33)27-17-20-10-11-23(18-26(20)34-27)32-14-12-31(2)13-15-32/h5-6,8-11,17-19,22,29H,3-4,7,12-16H2,1-2H3,(H,30,33). The molecule has 1 unspecified atom stereocenters. The van der Waals surface area contributed by atoms with Gasteiger partial charge in [-0.3, -0.25) is 4.79 Å². The molecular weight excluding hydrogens is 440 g/mol. The van der Waals surface area contributed by atoms with Gasteiger partial charge in [-0.2, -0.15) is 0 Å². The summed E-state index contributed by atoms with van der Waals surface area (Å²) in [6.07, 6.45) is 6.15. The van der Waals surface area contributed by atoms with E-state index in [0.717, 1.165) is 67.6 Å². The molecule has 3 heterocycles. The van der Waals surface area contributed by atoms with Crippen LogP contribution in [0.1, 0.15) is 41.4 Å². The zero-order valence-corrected chi connectivity index (χ0v) is 21.0. The number of piperazine rings is 1. The summed E-state index contributed by atoms with van der Waals surface area (Å²) in [5.41, 5.74) is 3.68. The lowest BCUT2D eigenvalue weighted by molar-refractivity contribution is 0.0938. The number of amides is 1. The fourth-order valence-electron chi connectivity index (χ4n) is 4.89. The SMILES string of the molecule is CCCCC(Cc1c[nH]c2ccccc12)NC(=O)c1cc2ccc(N3CCN(C)CC3)cc2s1. The van der Waals surface area contributed by atoms with Gasteiger partial charge in [-0.05, 0) is 55.1 Å². The first-order chi connectivity index (χ1) is 16.6. The van der Waals surface area contributed by atoms with Gasteiger partial charge in [0.2, 0.25) is 0 Å². The molecule has 1 atom stereocenters. The first-order valence-corrected chi connectivity index (χ1v) is 13.3. The van der Waals surface area contributed by atoms with E-state index in [9.17, 15) is 4.79 Å². The molecule has 1 aliphatic heterocycles. The summed E-state index contributed by atoms with van der Waals surface area (Å²) in [5, 5.41) is 5.75. The lowest BCUT2D eigenvalue weighted by Crippen LogP contribution is -2.44. The number of fused-ring (bicyclic) bond motifs is 2. The van der Waals surface area contributed by atoms with Crippen LogP contribution in [0.4, 0.5) is 5.69 Å². The highest BCUT2D eigenvalue weighted by Crippen LogP contribution is 2.30. The number of hydrogen-bond donors (Lipinski definition) is 2. The van der Waals surface area contributed by atoms with Crippen molar-refractivity contribution in [1.82, 2.24) is 15.2 Å². The maximum absolute atomic E-state index is 13.3. The number of rotatable bonds is 8. The molecule has 0 saturated carbocycles. The second kappa shape index (κ2) is 10.2. The van der Waals surface area contributed by atoms with Crippen LogP contribution in [0.15, 0.2) is 54.7 Å². The van der Waals surface area contributed by atoms with Crippen molar-refractivity contribution >= 4 is 43.9 Å². The number of benzene rings is 2. The van der Waals surface area contributed by atoms with Crippen LogP contribution in [0.2, 0.25) is 0 Å². The summed E-state index contributed by atoms with van der Waals surface area (Å²) in [5.74, 6) is 0.0447. The van der Waals surface area contributed by atoms with Crippen LogP contribution in [0.3, 0.4) is 0 Å². The molecule has 4 aromatic rings. The Kier molecular flexibility index (Phi) is 6.88. The van der Waals surface area contributed by atoms with Crippen molar-refractivity contribution in [3.63, 3.8) is 0 Å². The van der Waals surface area contributed by atoms with Gasteiger partial charge in [0.1, 0.15) is 0 Å². The van der Waals surface area contributed by atoms with Crippen LogP contribution in [0, 0.1) is 0 Å². The highest BCUT2D eigenvalue weighted by atomic mass is 32.1. The van der Waals surface area contributed by atoms with Gasteiger partial charge < -0.3 is 20.1 Å². The first kappa shape index (κ1) is 22.9. The maximum atomic E-state index is 13.3. The summed E-state index contributed by atoms with van der Waals surface area (Å²) < 4.78 is 1.18. The first-order valence-electron chi connectivity index (χ1n) is 12.4. The molecular formula is C28H34N4OS. The van der Waals surface area contributed by atoms with Crippen molar-refractivity contribution < 1.29 is 4.79 Å². The van der Waals surface area contributed by atoms with Gasteiger partial charge in [-0.1, -0.05) is 44.0 Å². The predicted molar refractivity (Wildman–Crippen MR) is 144 cm³/mol. The van der Waals surface area contributed by atoms with Crippen molar-refractivity contribution in [2.24, 2.45) is 0 Å². The van der Waals surface area contributed by atoms with Crippen molar-refractivity contribution in [2.45, 2.75) is 38.6 Å². The normalized spacial score (nSPS) is 15.8. The second-order valence-electron chi connectivity index (χ2n) is 9.50. The number of hydrogen-bond acceptors (Lipinski definition) is 4. The Labute approximate surface area is 205 Å². The molecule has 2 N–H and O–H groups in total. The molecule has 6 heteroatoms. The van der Waals surface area contributed by atoms with E-state index in [1.165, 1.54) is 21.3 Å². The fraction of sp³-hybridized carbons (Fsp3) is 0.393. The molecule has 0 spiro atoms. The zero-order chi connectivity index (χ0) is 23.5. The number of unbranched alkanes of at least 4 members (excludes halogenated alkanes) is 1. The van der Waals surface area contributed by atoms with Crippen LogP contribution in [-0.2, 0) is 6.42 Å². The number of nitrogens with one attached hydrogen (secondary N) is 2. The Morgan fingerprint density at radius 3 is 2.76 bits per heavy atom. The third-order valence-corrected chi connectivity index (χ3v) is 8.08. The molecule has 0 radical (unpaired) electrons. The summed E-state index contributed by atoms with van der Waals surface area (Å²) in [6.45, 7) is 6.48. The van der Waals surface area contributed by atoms with Gasteiger partial charge in [0.25, 0.3) is 5.91 Å². The van der Waals surface area contributed by atoms with Crippen LogP contribution in [0.25, 0.3) is 21.0 Å².